The summed E-state index contributed by atoms with van der Waals surface area (Å²) in [5, 5.41) is 0.712. The molecule has 1 saturated carbocycles. The lowest BCUT2D eigenvalue weighted by molar-refractivity contribution is -0.135. The number of halogens is 1. The summed E-state index contributed by atoms with van der Waals surface area (Å²) in [6.07, 6.45) is 1.87. The quantitative estimate of drug-likeness (QED) is 0.791. The SMILES string of the molecule is O=C(N1CCN(Cc2ccc3c(c2)OCO3)CC1)C1(c2ccc(Cl)cc2)CC1. The van der Waals surface area contributed by atoms with Gasteiger partial charge in [-0.2, -0.15) is 0 Å². The van der Waals surface area contributed by atoms with E-state index < -0.39 is 0 Å². The van der Waals surface area contributed by atoms with Crippen LogP contribution >= 0.6 is 11.6 Å². The van der Waals surface area contributed by atoms with Crippen molar-refractivity contribution in [1.29, 1.82) is 0 Å². The van der Waals surface area contributed by atoms with Crippen LogP contribution in [0.1, 0.15) is 24.0 Å². The molecule has 5 rings (SSSR count). The van der Waals surface area contributed by atoms with Gasteiger partial charge in [0.05, 0.1) is 5.41 Å². The summed E-state index contributed by atoms with van der Waals surface area (Å²) in [7, 11) is 0. The molecule has 0 bridgehead atoms. The summed E-state index contributed by atoms with van der Waals surface area (Å²) in [6, 6.07) is 13.9. The predicted octanol–water partition coefficient (Wildman–Crippen LogP) is 3.44. The van der Waals surface area contributed by atoms with Crippen molar-refractivity contribution in [3.63, 3.8) is 0 Å². The molecule has 2 aromatic carbocycles. The molecule has 5 nitrogen and oxygen atoms in total. The Bertz CT molecular complexity index is 887. The molecule has 2 heterocycles. The fourth-order valence-corrected chi connectivity index (χ4v) is 4.36. The number of fused-ring (bicyclic) bond motifs is 1. The van der Waals surface area contributed by atoms with Crippen LogP contribution in [-0.4, -0.2) is 48.7 Å². The van der Waals surface area contributed by atoms with E-state index >= 15 is 0 Å². The lowest BCUT2D eigenvalue weighted by Crippen LogP contribution is -2.51. The Kier molecular flexibility index (Phi) is 4.44. The van der Waals surface area contributed by atoms with E-state index in [1.54, 1.807) is 0 Å². The zero-order valence-corrected chi connectivity index (χ0v) is 16.5. The normalized spacial score (nSPS) is 20.2. The molecule has 0 aromatic heterocycles. The van der Waals surface area contributed by atoms with Gasteiger partial charge >= 0.3 is 0 Å². The van der Waals surface area contributed by atoms with Crippen molar-refractivity contribution in [3.8, 4) is 11.5 Å². The second-order valence-corrected chi connectivity index (χ2v) is 8.28. The Balaban J connectivity index is 1.20. The highest BCUT2D eigenvalue weighted by atomic mass is 35.5. The van der Waals surface area contributed by atoms with Crippen LogP contribution in [0.3, 0.4) is 0 Å². The molecular formula is C22H23ClN2O3. The molecule has 2 aliphatic heterocycles. The van der Waals surface area contributed by atoms with Gasteiger partial charge in [0.25, 0.3) is 0 Å². The van der Waals surface area contributed by atoms with Crippen LogP contribution in [-0.2, 0) is 16.8 Å². The number of nitrogens with zero attached hydrogens (tertiary/aromatic N) is 2. The minimum absolute atomic E-state index is 0.276. The summed E-state index contributed by atoms with van der Waals surface area (Å²) < 4.78 is 10.8. The lowest BCUT2D eigenvalue weighted by Gasteiger charge is -2.36. The molecule has 28 heavy (non-hydrogen) atoms. The fourth-order valence-electron chi connectivity index (χ4n) is 4.23. The number of ether oxygens (including phenoxy) is 2. The molecule has 0 radical (unpaired) electrons. The van der Waals surface area contributed by atoms with E-state index in [-0.39, 0.29) is 11.3 Å². The Morgan fingerprint density at radius 1 is 0.964 bits per heavy atom. The van der Waals surface area contributed by atoms with Crippen LogP contribution in [0.25, 0.3) is 0 Å². The lowest BCUT2D eigenvalue weighted by atomic mass is 9.94. The topological polar surface area (TPSA) is 42.0 Å². The molecule has 0 N–H and O–H groups in total. The van der Waals surface area contributed by atoms with Gasteiger partial charge in [-0.1, -0.05) is 29.8 Å². The summed E-state index contributed by atoms with van der Waals surface area (Å²) >= 11 is 6.01. The number of piperazine rings is 1. The van der Waals surface area contributed by atoms with Gasteiger partial charge in [0.1, 0.15) is 0 Å². The van der Waals surface area contributed by atoms with Crippen LogP contribution in [0.2, 0.25) is 5.02 Å². The average Bonchev–Trinajstić information content (AvgIpc) is 3.39. The minimum atomic E-state index is -0.315. The molecule has 1 amide bonds. The van der Waals surface area contributed by atoms with Gasteiger partial charge in [-0.15, -0.1) is 0 Å². The van der Waals surface area contributed by atoms with Crippen molar-refractivity contribution in [2.45, 2.75) is 24.8 Å². The van der Waals surface area contributed by atoms with Crippen LogP contribution in [0.5, 0.6) is 11.5 Å². The second-order valence-electron chi connectivity index (χ2n) is 7.84. The number of hydrogen-bond donors (Lipinski definition) is 0. The number of benzene rings is 2. The second kappa shape index (κ2) is 6.98. The van der Waals surface area contributed by atoms with Crippen molar-refractivity contribution < 1.29 is 14.3 Å². The van der Waals surface area contributed by atoms with Crippen LogP contribution in [0.4, 0.5) is 0 Å². The van der Waals surface area contributed by atoms with Crippen molar-refractivity contribution in [3.05, 3.63) is 58.6 Å². The third kappa shape index (κ3) is 3.23. The fraction of sp³-hybridized carbons (Fsp3) is 0.409. The van der Waals surface area contributed by atoms with Crippen molar-refractivity contribution in [2.75, 3.05) is 33.0 Å². The third-order valence-electron chi connectivity index (χ3n) is 6.06. The molecule has 2 fully saturated rings. The molecule has 2 aromatic rings. The number of amides is 1. The Morgan fingerprint density at radius 3 is 2.39 bits per heavy atom. The first-order valence-electron chi connectivity index (χ1n) is 9.80. The molecule has 0 atom stereocenters. The number of carbonyl (C=O) groups is 1. The van der Waals surface area contributed by atoms with Crippen LogP contribution in [0.15, 0.2) is 42.5 Å². The van der Waals surface area contributed by atoms with E-state index in [9.17, 15) is 4.79 Å². The molecule has 6 heteroatoms. The maximum absolute atomic E-state index is 13.2. The minimum Gasteiger partial charge on any atom is -0.454 e. The van der Waals surface area contributed by atoms with E-state index in [1.165, 1.54) is 5.56 Å². The Labute approximate surface area is 169 Å². The predicted molar refractivity (Wildman–Crippen MR) is 107 cm³/mol. The van der Waals surface area contributed by atoms with Gasteiger partial charge < -0.3 is 14.4 Å². The molecule has 0 spiro atoms. The smallest absolute Gasteiger partial charge is 0.233 e. The highest BCUT2D eigenvalue weighted by molar-refractivity contribution is 6.30. The molecule has 0 unspecified atom stereocenters. The first-order chi connectivity index (χ1) is 13.6. The van der Waals surface area contributed by atoms with Crippen molar-refractivity contribution in [1.82, 2.24) is 9.80 Å². The van der Waals surface area contributed by atoms with E-state index in [4.69, 9.17) is 21.1 Å². The highest BCUT2D eigenvalue weighted by Gasteiger charge is 2.53. The summed E-state index contributed by atoms with van der Waals surface area (Å²) in [5.41, 5.74) is 2.00. The summed E-state index contributed by atoms with van der Waals surface area (Å²) in [6.45, 7) is 4.49. The average molecular weight is 399 g/mol. The van der Waals surface area contributed by atoms with E-state index in [0.717, 1.165) is 62.6 Å². The van der Waals surface area contributed by atoms with Crippen molar-refractivity contribution >= 4 is 17.5 Å². The molecule has 146 valence electrons. The Morgan fingerprint density at radius 2 is 1.68 bits per heavy atom. The zero-order valence-electron chi connectivity index (χ0n) is 15.7. The van der Waals surface area contributed by atoms with Crippen molar-refractivity contribution in [2.24, 2.45) is 0 Å². The standard InChI is InChI=1S/C22H23ClN2O3/c23-18-4-2-17(3-5-18)22(7-8-22)21(26)25-11-9-24(10-12-25)14-16-1-6-19-20(13-16)28-15-27-19/h1-6,13H,7-12,14-15H2. The molecule has 1 saturated heterocycles. The number of carbonyl (C=O) groups excluding carboxylic acids is 1. The number of rotatable bonds is 4. The monoisotopic (exact) mass is 398 g/mol. The summed E-state index contributed by atoms with van der Waals surface area (Å²) in [4.78, 5) is 17.6. The first-order valence-corrected chi connectivity index (χ1v) is 10.2. The molecule has 3 aliphatic rings. The van der Waals surface area contributed by atoms with Crippen LogP contribution in [0, 0.1) is 0 Å². The number of hydrogen-bond acceptors (Lipinski definition) is 4. The first kappa shape index (κ1) is 17.8. The third-order valence-corrected chi connectivity index (χ3v) is 6.31. The zero-order chi connectivity index (χ0) is 19.1. The summed E-state index contributed by atoms with van der Waals surface area (Å²) in [5.74, 6) is 1.92. The van der Waals surface area contributed by atoms with Crippen LogP contribution < -0.4 is 9.47 Å². The van der Waals surface area contributed by atoms with Gasteiger partial charge in [-0.05, 0) is 48.2 Å². The van der Waals surface area contributed by atoms with E-state index in [0.29, 0.717) is 11.8 Å². The van der Waals surface area contributed by atoms with E-state index in [2.05, 4.69) is 17.0 Å². The van der Waals surface area contributed by atoms with E-state index in [1.807, 2.05) is 35.2 Å². The van der Waals surface area contributed by atoms with Gasteiger partial charge in [-0.25, -0.2) is 0 Å². The molecular weight excluding hydrogens is 376 g/mol. The Hall–Kier alpha value is -2.24. The largest absolute Gasteiger partial charge is 0.454 e. The van der Waals surface area contributed by atoms with Gasteiger partial charge in [-0.3, -0.25) is 9.69 Å². The highest BCUT2D eigenvalue weighted by Crippen LogP contribution is 2.50. The maximum atomic E-state index is 13.2. The maximum Gasteiger partial charge on any atom is 0.233 e. The van der Waals surface area contributed by atoms with Gasteiger partial charge in [0.2, 0.25) is 12.7 Å². The van der Waals surface area contributed by atoms with Gasteiger partial charge in [0, 0.05) is 37.7 Å². The van der Waals surface area contributed by atoms with Gasteiger partial charge in [0.15, 0.2) is 11.5 Å². The molecule has 1 aliphatic carbocycles.